The molecule has 1 aliphatic carbocycles. The summed E-state index contributed by atoms with van der Waals surface area (Å²) < 4.78 is 0. The molecule has 0 aromatic carbocycles. The first kappa shape index (κ1) is 6.62. The van der Waals surface area contributed by atoms with E-state index in [1.54, 1.807) is 0 Å². The van der Waals surface area contributed by atoms with E-state index in [1.165, 1.54) is 6.42 Å². The van der Waals surface area contributed by atoms with E-state index in [1.807, 2.05) is 0 Å². The van der Waals surface area contributed by atoms with Gasteiger partial charge in [-0.2, -0.15) is 0 Å². The van der Waals surface area contributed by atoms with Crippen molar-refractivity contribution in [2.24, 2.45) is 5.92 Å². The fourth-order valence-electron chi connectivity index (χ4n) is 2.27. The van der Waals surface area contributed by atoms with E-state index in [9.17, 15) is 5.11 Å². The Morgan fingerprint density at radius 1 is 1.60 bits per heavy atom. The van der Waals surface area contributed by atoms with Gasteiger partial charge in [-0.1, -0.05) is 0 Å². The molecule has 1 saturated heterocycles. The van der Waals surface area contributed by atoms with Crippen molar-refractivity contribution in [1.82, 2.24) is 5.32 Å². The van der Waals surface area contributed by atoms with Gasteiger partial charge in [0.1, 0.15) is 0 Å². The van der Waals surface area contributed by atoms with Gasteiger partial charge in [0.15, 0.2) is 0 Å². The number of rotatable bonds is 0. The van der Waals surface area contributed by atoms with Gasteiger partial charge in [-0.15, -0.1) is 0 Å². The second-order valence-electron chi connectivity index (χ2n) is 4.01. The Labute approximate surface area is 61.6 Å². The molecule has 0 amide bonds. The van der Waals surface area contributed by atoms with Crippen LogP contribution in [-0.4, -0.2) is 23.3 Å². The van der Waals surface area contributed by atoms with Crippen molar-refractivity contribution in [2.75, 3.05) is 6.54 Å². The van der Waals surface area contributed by atoms with Gasteiger partial charge >= 0.3 is 0 Å². The van der Waals surface area contributed by atoms with Crippen molar-refractivity contribution < 1.29 is 5.11 Å². The molecular weight excluding hydrogens is 126 g/mol. The quantitative estimate of drug-likeness (QED) is 0.515. The van der Waals surface area contributed by atoms with Crippen LogP contribution in [0.4, 0.5) is 0 Å². The van der Waals surface area contributed by atoms with Crippen LogP contribution < -0.4 is 5.32 Å². The molecule has 1 heterocycles. The lowest BCUT2D eigenvalue weighted by atomic mass is 9.80. The van der Waals surface area contributed by atoms with Crippen molar-refractivity contribution >= 4 is 0 Å². The van der Waals surface area contributed by atoms with Crippen LogP contribution in [0.1, 0.15) is 26.2 Å². The largest absolute Gasteiger partial charge is 0.393 e. The molecule has 2 fully saturated rings. The molecule has 2 aliphatic rings. The van der Waals surface area contributed by atoms with E-state index in [0.717, 1.165) is 19.4 Å². The number of hydrogen-bond acceptors (Lipinski definition) is 2. The van der Waals surface area contributed by atoms with Gasteiger partial charge < -0.3 is 10.4 Å². The van der Waals surface area contributed by atoms with Gasteiger partial charge in [0.05, 0.1) is 6.10 Å². The molecule has 3 atom stereocenters. The molecule has 1 aliphatic heterocycles. The zero-order chi connectivity index (χ0) is 7.19. The molecule has 2 bridgehead atoms. The summed E-state index contributed by atoms with van der Waals surface area (Å²) in [5, 5.41) is 12.9. The van der Waals surface area contributed by atoms with Crippen molar-refractivity contribution in [2.45, 2.75) is 37.8 Å². The second-order valence-corrected chi connectivity index (χ2v) is 4.01. The smallest absolute Gasteiger partial charge is 0.0581 e. The van der Waals surface area contributed by atoms with Gasteiger partial charge in [0.25, 0.3) is 0 Å². The summed E-state index contributed by atoms with van der Waals surface area (Å²) in [6, 6.07) is 0. The van der Waals surface area contributed by atoms with Crippen molar-refractivity contribution in [3.63, 3.8) is 0 Å². The first-order chi connectivity index (χ1) is 4.70. The highest BCUT2D eigenvalue weighted by molar-refractivity contribution is 4.99. The summed E-state index contributed by atoms with van der Waals surface area (Å²) in [5.74, 6) is 0.541. The van der Waals surface area contributed by atoms with Crippen LogP contribution in [-0.2, 0) is 0 Å². The lowest BCUT2D eigenvalue weighted by Gasteiger charge is -2.31. The number of nitrogens with one attached hydrogen (secondary N) is 1. The summed E-state index contributed by atoms with van der Waals surface area (Å²) in [6.07, 6.45) is 3.29. The normalized spacial score (nSPS) is 53.4. The van der Waals surface area contributed by atoms with E-state index in [4.69, 9.17) is 0 Å². The molecule has 0 aromatic heterocycles. The Kier molecular flexibility index (Phi) is 1.29. The van der Waals surface area contributed by atoms with Gasteiger partial charge in [0, 0.05) is 12.1 Å². The fraction of sp³-hybridized carbons (Fsp3) is 1.00. The Morgan fingerprint density at radius 3 is 3.10 bits per heavy atom. The minimum Gasteiger partial charge on any atom is -0.393 e. The highest BCUT2D eigenvalue weighted by Crippen LogP contribution is 2.36. The monoisotopic (exact) mass is 141 g/mol. The minimum atomic E-state index is -0.0249. The Hall–Kier alpha value is -0.0800. The van der Waals surface area contributed by atoms with Gasteiger partial charge in [-0.3, -0.25) is 0 Å². The summed E-state index contributed by atoms with van der Waals surface area (Å²) >= 11 is 0. The first-order valence-electron chi connectivity index (χ1n) is 4.13. The molecular formula is C8H15NO. The molecule has 0 aromatic rings. The first-order valence-corrected chi connectivity index (χ1v) is 4.13. The third kappa shape index (κ3) is 0.867. The molecule has 58 valence electrons. The molecule has 10 heavy (non-hydrogen) atoms. The van der Waals surface area contributed by atoms with E-state index in [-0.39, 0.29) is 6.10 Å². The summed E-state index contributed by atoms with van der Waals surface area (Å²) in [6.45, 7) is 3.29. The van der Waals surface area contributed by atoms with Crippen molar-refractivity contribution in [1.29, 1.82) is 0 Å². The van der Waals surface area contributed by atoms with E-state index >= 15 is 0 Å². The SMILES string of the molecule is CC12CCC(O)C(CN1)C2. The number of aliphatic hydroxyl groups excluding tert-OH is 1. The average molecular weight is 141 g/mol. The zero-order valence-corrected chi connectivity index (χ0v) is 6.43. The van der Waals surface area contributed by atoms with Crippen LogP contribution in [0.25, 0.3) is 0 Å². The van der Waals surface area contributed by atoms with E-state index < -0.39 is 0 Å². The topological polar surface area (TPSA) is 32.3 Å². The predicted molar refractivity (Wildman–Crippen MR) is 39.8 cm³/mol. The van der Waals surface area contributed by atoms with Crippen LogP contribution in [0.2, 0.25) is 0 Å². The van der Waals surface area contributed by atoms with Gasteiger partial charge in [-0.25, -0.2) is 0 Å². The maximum Gasteiger partial charge on any atom is 0.0581 e. The highest BCUT2D eigenvalue weighted by Gasteiger charge is 2.42. The van der Waals surface area contributed by atoms with E-state index in [0.29, 0.717) is 11.5 Å². The molecule has 0 radical (unpaired) electrons. The van der Waals surface area contributed by atoms with Gasteiger partial charge in [-0.05, 0) is 32.1 Å². The summed E-state index contributed by atoms with van der Waals surface area (Å²) in [5.41, 5.74) is 0.365. The molecule has 2 N–H and O–H groups in total. The fourth-order valence-corrected chi connectivity index (χ4v) is 2.27. The summed E-state index contributed by atoms with van der Waals surface area (Å²) in [7, 11) is 0. The zero-order valence-electron chi connectivity index (χ0n) is 6.43. The van der Waals surface area contributed by atoms with Crippen LogP contribution in [0.3, 0.4) is 0 Å². The van der Waals surface area contributed by atoms with Gasteiger partial charge in [0.2, 0.25) is 0 Å². The third-order valence-corrected chi connectivity index (χ3v) is 3.04. The molecule has 2 heteroatoms. The minimum absolute atomic E-state index is 0.0249. The van der Waals surface area contributed by atoms with Crippen molar-refractivity contribution in [3.05, 3.63) is 0 Å². The highest BCUT2D eigenvalue weighted by atomic mass is 16.3. The maximum absolute atomic E-state index is 9.47. The third-order valence-electron chi connectivity index (χ3n) is 3.04. The lowest BCUT2D eigenvalue weighted by Crippen LogP contribution is -2.38. The Morgan fingerprint density at radius 2 is 2.40 bits per heavy atom. The number of fused-ring (bicyclic) bond motifs is 2. The second kappa shape index (κ2) is 1.95. The molecule has 2 rings (SSSR count). The molecule has 2 nitrogen and oxygen atoms in total. The lowest BCUT2D eigenvalue weighted by molar-refractivity contribution is 0.0760. The van der Waals surface area contributed by atoms with E-state index in [2.05, 4.69) is 12.2 Å². The van der Waals surface area contributed by atoms with Crippen LogP contribution >= 0.6 is 0 Å². The average Bonchev–Trinajstić information content (AvgIpc) is 2.23. The molecule has 1 saturated carbocycles. The standard InChI is InChI=1S/C8H15NO/c1-8-3-2-7(10)6(4-8)5-9-8/h6-7,9-10H,2-5H2,1H3. The van der Waals surface area contributed by atoms with Crippen molar-refractivity contribution in [3.8, 4) is 0 Å². The van der Waals surface area contributed by atoms with Crippen LogP contribution in [0, 0.1) is 5.92 Å². The number of hydrogen-bond donors (Lipinski definition) is 2. The molecule has 0 spiro atoms. The molecule has 3 unspecified atom stereocenters. The van der Waals surface area contributed by atoms with Crippen LogP contribution in [0.15, 0.2) is 0 Å². The summed E-state index contributed by atoms with van der Waals surface area (Å²) in [4.78, 5) is 0. The number of aliphatic hydroxyl groups is 1. The predicted octanol–water partition coefficient (Wildman–Crippen LogP) is 0.509. The Bertz CT molecular complexity index is 148. The maximum atomic E-state index is 9.47. The Balaban J connectivity index is 2.12. The van der Waals surface area contributed by atoms with Crippen LogP contribution in [0.5, 0.6) is 0 Å².